The van der Waals surface area contributed by atoms with Gasteiger partial charge < -0.3 is 5.11 Å². The second-order valence-corrected chi connectivity index (χ2v) is 3.63. The zero-order valence-electron chi connectivity index (χ0n) is 7.50. The molecule has 0 spiro atoms. The lowest BCUT2D eigenvalue weighted by Crippen LogP contribution is -2.11. The van der Waals surface area contributed by atoms with Crippen molar-refractivity contribution in [1.82, 2.24) is 4.98 Å². The predicted molar refractivity (Wildman–Crippen MR) is 54.9 cm³/mol. The molecule has 1 N–H and O–H groups in total. The smallest absolute Gasteiger partial charge is 0.311 e. The first-order valence-electron chi connectivity index (χ1n) is 4.09. The van der Waals surface area contributed by atoms with E-state index in [9.17, 15) is 4.79 Å². The van der Waals surface area contributed by atoms with Gasteiger partial charge in [0.2, 0.25) is 0 Å². The molecule has 76 valence electrons. The highest BCUT2D eigenvalue weighted by atomic mass is 35.5. The Bertz CT molecular complexity index is 334. The molecular weight excluding hydrogens is 225 g/mol. The van der Waals surface area contributed by atoms with E-state index in [2.05, 4.69) is 4.98 Å². The summed E-state index contributed by atoms with van der Waals surface area (Å²) in [6, 6.07) is 0. The lowest BCUT2D eigenvalue weighted by molar-refractivity contribution is -0.138. The van der Waals surface area contributed by atoms with Crippen molar-refractivity contribution >= 4 is 29.2 Å². The summed E-state index contributed by atoms with van der Waals surface area (Å²) in [5.41, 5.74) is 0.443. The summed E-state index contributed by atoms with van der Waals surface area (Å²) >= 11 is 11.7. The third-order valence-corrected chi connectivity index (χ3v) is 2.55. The van der Waals surface area contributed by atoms with Crippen LogP contribution in [0.2, 0.25) is 10.0 Å². The van der Waals surface area contributed by atoms with Gasteiger partial charge in [0.1, 0.15) is 0 Å². The van der Waals surface area contributed by atoms with Gasteiger partial charge in [0.05, 0.1) is 16.0 Å². The van der Waals surface area contributed by atoms with Crippen molar-refractivity contribution in [3.63, 3.8) is 0 Å². The van der Waals surface area contributed by atoms with Crippen molar-refractivity contribution in [2.45, 2.75) is 19.3 Å². The first-order chi connectivity index (χ1) is 6.57. The Hall–Kier alpha value is -0.800. The molecule has 0 aliphatic carbocycles. The Morgan fingerprint density at radius 3 is 2.36 bits per heavy atom. The number of rotatable bonds is 3. The van der Waals surface area contributed by atoms with Gasteiger partial charge in [-0.15, -0.1) is 0 Å². The molecule has 14 heavy (non-hydrogen) atoms. The van der Waals surface area contributed by atoms with E-state index >= 15 is 0 Å². The minimum absolute atomic E-state index is 0.298. The SMILES string of the molecule is CCC(C(=O)O)c1c(Cl)cncc1Cl. The summed E-state index contributed by atoms with van der Waals surface area (Å²) in [6.07, 6.45) is 3.24. The molecule has 0 bridgehead atoms. The van der Waals surface area contributed by atoms with Gasteiger partial charge in [-0.2, -0.15) is 0 Å². The minimum Gasteiger partial charge on any atom is -0.481 e. The molecule has 0 fully saturated rings. The van der Waals surface area contributed by atoms with Crippen molar-refractivity contribution < 1.29 is 9.90 Å². The van der Waals surface area contributed by atoms with E-state index in [0.29, 0.717) is 22.0 Å². The predicted octanol–water partition coefficient (Wildman–Crippen LogP) is 2.97. The Morgan fingerprint density at radius 1 is 1.50 bits per heavy atom. The maximum Gasteiger partial charge on any atom is 0.311 e. The van der Waals surface area contributed by atoms with Crippen LogP contribution in [0.1, 0.15) is 24.8 Å². The van der Waals surface area contributed by atoms with Gasteiger partial charge in [0.25, 0.3) is 0 Å². The highest BCUT2D eigenvalue weighted by molar-refractivity contribution is 6.36. The lowest BCUT2D eigenvalue weighted by atomic mass is 9.98. The molecular formula is C9H9Cl2NO2. The Labute approximate surface area is 91.7 Å². The summed E-state index contributed by atoms with van der Waals surface area (Å²) in [5, 5.41) is 9.53. The maximum absolute atomic E-state index is 10.9. The van der Waals surface area contributed by atoms with Crippen molar-refractivity contribution in [3.8, 4) is 0 Å². The third kappa shape index (κ3) is 2.16. The van der Waals surface area contributed by atoms with E-state index in [4.69, 9.17) is 28.3 Å². The van der Waals surface area contributed by atoms with Crippen LogP contribution in [-0.4, -0.2) is 16.1 Å². The summed E-state index contributed by atoms with van der Waals surface area (Å²) in [6.45, 7) is 1.77. The molecule has 0 amide bonds. The molecule has 1 aromatic rings. The van der Waals surface area contributed by atoms with E-state index in [1.54, 1.807) is 6.92 Å². The number of hydrogen-bond donors (Lipinski definition) is 1. The topological polar surface area (TPSA) is 50.2 Å². The van der Waals surface area contributed by atoms with Gasteiger partial charge in [-0.1, -0.05) is 30.1 Å². The average molecular weight is 234 g/mol. The van der Waals surface area contributed by atoms with Crippen LogP contribution in [0.25, 0.3) is 0 Å². The lowest BCUT2D eigenvalue weighted by Gasteiger charge is -2.12. The zero-order chi connectivity index (χ0) is 10.7. The standard InChI is InChI=1S/C9H9Cl2NO2/c1-2-5(9(13)14)8-6(10)3-12-4-7(8)11/h3-5H,2H2,1H3,(H,13,14). The number of pyridine rings is 1. The van der Waals surface area contributed by atoms with E-state index in [-0.39, 0.29) is 0 Å². The zero-order valence-corrected chi connectivity index (χ0v) is 9.01. The molecule has 0 aliphatic rings. The van der Waals surface area contributed by atoms with Crippen molar-refractivity contribution in [2.75, 3.05) is 0 Å². The summed E-state index contributed by atoms with van der Waals surface area (Å²) in [7, 11) is 0. The molecule has 1 unspecified atom stereocenters. The first-order valence-corrected chi connectivity index (χ1v) is 4.85. The summed E-state index contributed by atoms with van der Waals surface area (Å²) in [4.78, 5) is 14.7. The second kappa shape index (κ2) is 4.62. The van der Waals surface area contributed by atoms with Crippen LogP contribution in [0.3, 0.4) is 0 Å². The fraction of sp³-hybridized carbons (Fsp3) is 0.333. The molecule has 3 nitrogen and oxygen atoms in total. The van der Waals surface area contributed by atoms with Crippen LogP contribution in [-0.2, 0) is 4.79 Å². The molecule has 1 heterocycles. The Kier molecular flexibility index (Phi) is 3.72. The van der Waals surface area contributed by atoms with Gasteiger partial charge in [0, 0.05) is 18.0 Å². The van der Waals surface area contributed by atoms with Crippen molar-refractivity contribution in [1.29, 1.82) is 0 Å². The van der Waals surface area contributed by atoms with E-state index in [0.717, 1.165) is 0 Å². The molecule has 0 saturated carbocycles. The fourth-order valence-electron chi connectivity index (χ4n) is 1.26. The van der Waals surface area contributed by atoms with Crippen LogP contribution < -0.4 is 0 Å². The van der Waals surface area contributed by atoms with Gasteiger partial charge in [-0.25, -0.2) is 0 Å². The number of aliphatic carboxylic acids is 1. The van der Waals surface area contributed by atoms with E-state index in [1.807, 2.05) is 0 Å². The molecule has 0 radical (unpaired) electrons. The highest BCUT2D eigenvalue weighted by Gasteiger charge is 2.23. The van der Waals surface area contributed by atoms with Gasteiger partial charge in [-0.05, 0) is 6.42 Å². The van der Waals surface area contributed by atoms with Crippen LogP contribution in [0.15, 0.2) is 12.4 Å². The number of halogens is 2. The number of nitrogens with zero attached hydrogens (tertiary/aromatic N) is 1. The van der Waals surface area contributed by atoms with E-state index in [1.165, 1.54) is 12.4 Å². The number of hydrogen-bond acceptors (Lipinski definition) is 2. The highest BCUT2D eigenvalue weighted by Crippen LogP contribution is 2.32. The van der Waals surface area contributed by atoms with Gasteiger partial charge >= 0.3 is 5.97 Å². The number of carboxylic acid groups (broad SMARTS) is 1. The van der Waals surface area contributed by atoms with Crippen molar-refractivity contribution in [2.24, 2.45) is 0 Å². The molecule has 5 heteroatoms. The molecule has 0 aromatic carbocycles. The Balaban J connectivity index is 3.22. The number of aromatic nitrogens is 1. The van der Waals surface area contributed by atoms with E-state index < -0.39 is 11.9 Å². The van der Waals surface area contributed by atoms with Crippen LogP contribution in [0, 0.1) is 0 Å². The number of carbonyl (C=O) groups is 1. The van der Waals surface area contributed by atoms with Crippen molar-refractivity contribution in [3.05, 3.63) is 28.0 Å². The first kappa shape index (κ1) is 11.3. The normalized spacial score (nSPS) is 12.5. The van der Waals surface area contributed by atoms with Crippen LogP contribution in [0.4, 0.5) is 0 Å². The van der Waals surface area contributed by atoms with Crippen LogP contribution in [0.5, 0.6) is 0 Å². The van der Waals surface area contributed by atoms with Gasteiger partial charge in [0.15, 0.2) is 0 Å². The Morgan fingerprint density at radius 2 is 2.00 bits per heavy atom. The van der Waals surface area contributed by atoms with Gasteiger partial charge in [-0.3, -0.25) is 9.78 Å². The monoisotopic (exact) mass is 233 g/mol. The fourth-order valence-corrected chi connectivity index (χ4v) is 1.88. The molecule has 0 aliphatic heterocycles. The summed E-state index contributed by atoms with van der Waals surface area (Å²) < 4.78 is 0. The molecule has 0 saturated heterocycles. The molecule has 1 atom stereocenters. The minimum atomic E-state index is -0.928. The average Bonchev–Trinajstić information content (AvgIpc) is 2.10. The number of carboxylic acids is 1. The quantitative estimate of drug-likeness (QED) is 0.874. The largest absolute Gasteiger partial charge is 0.481 e. The maximum atomic E-state index is 10.9. The van der Waals surface area contributed by atoms with Crippen LogP contribution >= 0.6 is 23.2 Å². The summed E-state index contributed by atoms with van der Waals surface area (Å²) in [5.74, 6) is -1.60. The molecule has 1 rings (SSSR count). The third-order valence-electron chi connectivity index (χ3n) is 1.95. The molecule has 1 aromatic heterocycles. The second-order valence-electron chi connectivity index (χ2n) is 2.82.